The molecule has 0 heterocycles. The smallest absolute Gasteiger partial charge is 0.306 e. The van der Waals surface area contributed by atoms with E-state index in [1.807, 2.05) is 6.92 Å². The zero-order valence-electron chi connectivity index (χ0n) is 10.5. The number of carbonyl (C=O) groups is 1. The van der Waals surface area contributed by atoms with Crippen LogP contribution < -0.4 is 0 Å². The SMILES string of the molecule is CCC(Cc1ccc(C)c(C)c1C)C(=O)O. The van der Waals surface area contributed by atoms with Crippen LogP contribution >= 0.6 is 0 Å². The second kappa shape index (κ2) is 5.15. The number of carboxylic acids is 1. The fourth-order valence-corrected chi connectivity index (χ4v) is 1.91. The summed E-state index contributed by atoms with van der Waals surface area (Å²) < 4.78 is 0. The van der Waals surface area contributed by atoms with Crippen molar-refractivity contribution in [3.05, 3.63) is 34.4 Å². The van der Waals surface area contributed by atoms with E-state index in [4.69, 9.17) is 5.11 Å². The molecule has 0 aliphatic carbocycles. The Kier molecular flexibility index (Phi) is 4.11. The van der Waals surface area contributed by atoms with Crippen LogP contribution in [0, 0.1) is 26.7 Å². The molecule has 1 aromatic rings. The van der Waals surface area contributed by atoms with E-state index >= 15 is 0 Å². The number of hydrogen-bond acceptors (Lipinski definition) is 1. The zero-order valence-corrected chi connectivity index (χ0v) is 10.5. The molecule has 0 spiro atoms. The van der Waals surface area contributed by atoms with E-state index in [1.165, 1.54) is 16.7 Å². The minimum absolute atomic E-state index is 0.263. The van der Waals surface area contributed by atoms with E-state index in [1.54, 1.807) is 0 Å². The molecule has 2 heteroatoms. The Labute approximate surface area is 97.3 Å². The van der Waals surface area contributed by atoms with E-state index in [0.29, 0.717) is 12.8 Å². The van der Waals surface area contributed by atoms with Crippen molar-refractivity contribution < 1.29 is 9.90 Å². The van der Waals surface area contributed by atoms with Gasteiger partial charge in [0.05, 0.1) is 5.92 Å². The molecule has 1 rings (SSSR count). The first-order chi connectivity index (χ1) is 7.47. The second-order valence-corrected chi connectivity index (χ2v) is 4.44. The first-order valence-electron chi connectivity index (χ1n) is 5.75. The van der Waals surface area contributed by atoms with Gasteiger partial charge in [0.25, 0.3) is 0 Å². The van der Waals surface area contributed by atoms with E-state index in [-0.39, 0.29) is 5.92 Å². The molecule has 0 saturated carbocycles. The summed E-state index contributed by atoms with van der Waals surface area (Å²) in [7, 11) is 0. The first kappa shape index (κ1) is 12.8. The van der Waals surface area contributed by atoms with Crippen molar-refractivity contribution in [1.29, 1.82) is 0 Å². The normalized spacial score (nSPS) is 12.5. The average Bonchev–Trinajstić information content (AvgIpc) is 2.25. The van der Waals surface area contributed by atoms with Gasteiger partial charge in [-0.2, -0.15) is 0 Å². The van der Waals surface area contributed by atoms with Crippen molar-refractivity contribution >= 4 is 5.97 Å². The van der Waals surface area contributed by atoms with Crippen molar-refractivity contribution in [2.24, 2.45) is 5.92 Å². The molecule has 0 aliphatic heterocycles. The maximum Gasteiger partial charge on any atom is 0.306 e. The van der Waals surface area contributed by atoms with Crippen molar-refractivity contribution in [1.82, 2.24) is 0 Å². The molecule has 88 valence electrons. The van der Waals surface area contributed by atoms with Gasteiger partial charge in [0.1, 0.15) is 0 Å². The largest absolute Gasteiger partial charge is 0.481 e. The van der Waals surface area contributed by atoms with Crippen LogP contribution in [0.4, 0.5) is 0 Å². The monoisotopic (exact) mass is 220 g/mol. The molecule has 16 heavy (non-hydrogen) atoms. The average molecular weight is 220 g/mol. The van der Waals surface area contributed by atoms with Gasteiger partial charge in [0.2, 0.25) is 0 Å². The molecule has 0 bridgehead atoms. The molecular weight excluding hydrogens is 200 g/mol. The fraction of sp³-hybridized carbons (Fsp3) is 0.500. The maximum atomic E-state index is 11.0. The van der Waals surface area contributed by atoms with Gasteiger partial charge in [0.15, 0.2) is 0 Å². The number of hydrogen-bond donors (Lipinski definition) is 1. The van der Waals surface area contributed by atoms with E-state index < -0.39 is 5.97 Å². The number of aryl methyl sites for hydroxylation is 1. The molecule has 1 unspecified atom stereocenters. The Morgan fingerprint density at radius 3 is 2.38 bits per heavy atom. The van der Waals surface area contributed by atoms with Crippen molar-refractivity contribution in [2.75, 3.05) is 0 Å². The first-order valence-corrected chi connectivity index (χ1v) is 5.75. The maximum absolute atomic E-state index is 11.0. The summed E-state index contributed by atoms with van der Waals surface area (Å²) in [5.74, 6) is -0.957. The predicted molar refractivity (Wildman–Crippen MR) is 65.8 cm³/mol. The minimum Gasteiger partial charge on any atom is -0.481 e. The van der Waals surface area contributed by atoms with Gasteiger partial charge in [-0.3, -0.25) is 4.79 Å². The van der Waals surface area contributed by atoms with Crippen LogP contribution in [0.1, 0.15) is 35.6 Å². The zero-order chi connectivity index (χ0) is 12.3. The molecule has 1 atom stereocenters. The van der Waals surface area contributed by atoms with Crippen molar-refractivity contribution in [3.8, 4) is 0 Å². The molecular formula is C14H20O2. The number of carboxylic acid groups (broad SMARTS) is 1. The third-order valence-electron chi connectivity index (χ3n) is 3.48. The summed E-state index contributed by atoms with van der Waals surface area (Å²) in [4.78, 5) is 11.0. The molecule has 0 aromatic heterocycles. The van der Waals surface area contributed by atoms with Crippen LogP contribution in [-0.2, 0) is 11.2 Å². The van der Waals surface area contributed by atoms with Crippen LogP contribution in [0.5, 0.6) is 0 Å². The van der Waals surface area contributed by atoms with E-state index in [2.05, 4.69) is 32.9 Å². The Bertz CT molecular complexity index is 394. The lowest BCUT2D eigenvalue weighted by Gasteiger charge is -2.14. The summed E-state index contributed by atoms with van der Waals surface area (Å²) >= 11 is 0. The Hall–Kier alpha value is -1.31. The molecule has 0 aliphatic rings. The Balaban J connectivity index is 2.97. The number of aliphatic carboxylic acids is 1. The Morgan fingerprint density at radius 1 is 1.25 bits per heavy atom. The van der Waals surface area contributed by atoms with Gasteiger partial charge in [-0.25, -0.2) is 0 Å². The molecule has 1 N–H and O–H groups in total. The van der Waals surface area contributed by atoms with Crippen LogP contribution in [0.15, 0.2) is 12.1 Å². The van der Waals surface area contributed by atoms with Crippen LogP contribution in [0.25, 0.3) is 0 Å². The van der Waals surface area contributed by atoms with E-state index in [0.717, 1.165) is 5.56 Å². The fourth-order valence-electron chi connectivity index (χ4n) is 1.91. The summed E-state index contributed by atoms with van der Waals surface area (Å²) in [6.07, 6.45) is 1.32. The lowest BCUT2D eigenvalue weighted by molar-refractivity contribution is -0.141. The second-order valence-electron chi connectivity index (χ2n) is 4.44. The lowest BCUT2D eigenvalue weighted by atomic mass is 9.91. The van der Waals surface area contributed by atoms with Crippen molar-refractivity contribution in [2.45, 2.75) is 40.5 Å². The van der Waals surface area contributed by atoms with Gasteiger partial charge >= 0.3 is 5.97 Å². The molecule has 0 fully saturated rings. The molecule has 0 radical (unpaired) electrons. The number of rotatable bonds is 4. The van der Waals surface area contributed by atoms with Gasteiger partial charge in [-0.05, 0) is 55.9 Å². The summed E-state index contributed by atoms with van der Waals surface area (Å²) in [6.45, 7) is 8.18. The number of benzene rings is 1. The molecule has 0 saturated heterocycles. The standard InChI is InChI=1S/C14H20O2/c1-5-12(14(15)16)8-13-7-6-9(2)10(3)11(13)4/h6-7,12H,5,8H2,1-4H3,(H,15,16). The highest BCUT2D eigenvalue weighted by Gasteiger charge is 2.17. The van der Waals surface area contributed by atoms with Gasteiger partial charge in [-0.1, -0.05) is 19.1 Å². The summed E-state index contributed by atoms with van der Waals surface area (Å²) in [6, 6.07) is 4.13. The molecule has 2 nitrogen and oxygen atoms in total. The highest BCUT2D eigenvalue weighted by molar-refractivity contribution is 5.70. The van der Waals surface area contributed by atoms with Gasteiger partial charge < -0.3 is 5.11 Å². The van der Waals surface area contributed by atoms with Gasteiger partial charge in [0, 0.05) is 0 Å². The van der Waals surface area contributed by atoms with Crippen molar-refractivity contribution in [3.63, 3.8) is 0 Å². The topological polar surface area (TPSA) is 37.3 Å². The lowest BCUT2D eigenvalue weighted by Crippen LogP contribution is -2.16. The van der Waals surface area contributed by atoms with Gasteiger partial charge in [-0.15, -0.1) is 0 Å². The molecule has 0 amide bonds. The highest BCUT2D eigenvalue weighted by atomic mass is 16.4. The Morgan fingerprint density at radius 2 is 1.88 bits per heavy atom. The summed E-state index contributed by atoms with van der Waals surface area (Å²) in [5.41, 5.74) is 4.94. The summed E-state index contributed by atoms with van der Waals surface area (Å²) in [5, 5.41) is 9.05. The van der Waals surface area contributed by atoms with Crippen LogP contribution in [0.3, 0.4) is 0 Å². The minimum atomic E-state index is -0.694. The highest BCUT2D eigenvalue weighted by Crippen LogP contribution is 2.21. The third-order valence-corrected chi connectivity index (χ3v) is 3.48. The van der Waals surface area contributed by atoms with Crippen LogP contribution in [0.2, 0.25) is 0 Å². The molecule has 1 aromatic carbocycles. The predicted octanol–water partition coefficient (Wildman–Crippen LogP) is 3.27. The van der Waals surface area contributed by atoms with E-state index in [9.17, 15) is 4.79 Å². The quantitative estimate of drug-likeness (QED) is 0.845. The van der Waals surface area contributed by atoms with Crippen LogP contribution in [-0.4, -0.2) is 11.1 Å². The third kappa shape index (κ3) is 2.63.